The lowest BCUT2D eigenvalue weighted by Gasteiger charge is -2.34. The Morgan fingerprint density at radius 3 is 2.53 bits per heavy atom. The fourth-order valence-corrected chi connectivity index (χ4v) is 5.99. The zero-order valence-corrected chi connectivity index (χ0v) is 18.8. The standard InChI is InChI=1S/C24H24N4O3S/c1-17-14-18-6-5-9-22(23(18)25-15-17)32(30,31)28-12-10-27(11-13-28)24(29)20-16-26(2)21-8-4-3-7-19(20)21/h3-9,14-16H,10-13H2,1-2H3. The number of nitrogens with zero attached hydrogens (tertiary/aromatic N) is 4. The van der Waals surface area contributed by atoms with Crippen molar-refractivity contribution in [2.24, 2.45) is 7.05 Å². The van der Waals surface area contributed by atoms with Gasteiger partial charge in [0.05, 0.1) is 11.1 Å². The number of aromatic nitrogens is 2. The van der Waals surface area contributed by atoms with Crippen molar-refractivity contribution in [3.8, 4) is 0 Å². The van der Waals surface area contributed by atoms with E-state index >= 15 is 0 Å². The van der Waals surface area contributed by atoms with Gasteiger partial charge in [0, 0.05) is 61.9 Å². The first-order chi connectivity index (χ1) is 15.4. The van der Waals surface area contributed by atoms with Gasteiger partial charge in [0.15, 0.2) is 0 Å². The van der Waals surface area contributed by atoms with Crippen LogP contribution >= 0.6 is 0 Å². The summed E-state index contributed by atoms with van der Waals surface area (Å²) in [7, 11) is -1.80. The molecule has 4 aromatic rings. The molecule has 2 aromatic carbocycles. The van der Waals surface area contributed by atoms with Gasteiger partial charge >= 0.3 is 0 Å². The van der Waals surface area contributed by atoms with Gasteiger partial charge in [-0.1, -0.05) is 30.3 Å². The molecule has 8 heteroatoms. The van der Waals surface area contributed by atoms with Crippen LogP contribution in [0.25, 0.3) is 21.8 Å². The summed E-state index contributed by atoms with van der Waals surface area (Å²) in [6.45, 7) is 3.12. The maximum Gasteiger partial charge on any atom is 0.256 e. The van der Waals surface area contributed by atoms with Crippen LogP contribution in [0.2, 0.25) is 0 Å². The van der Waals surface area contributed by atoms with Gasteiger partial charge in [-0.15, -0.1) is 0 Å². The Hall–Kier alpha value is -3.23. The van der Waals surface area contributed by atoms with Gasteiger partial charge < -0.3 is 9.47 Å². The number of hydrogen-bond acceptors (Lipinski definition) is 4. The summed E-state index contributed by atoms with van der Waals surface area (Å²) in [6, 6.07) is 14.9. The predicted molar refractivity (Wildman–Crippen MR) is 124 cm³/mol. The Morgan fingerprint density at radius 2 is 1.75 bits per heavy atom. The van der Waals surface area contributed by atoms with Crippen LogP contribution in [0.5, 0.6) is 0 Å². The minimum absolute atomic E-state index is 0.0684. The van der Waals surface area contributed by atoms with Gasteiger partial charge in [-0.2, -0.15) is 4.31 Å². The molecular formula is C24H24N4O3S. The van der Waals surface area contributed by atoms with Crippen LogP contribution in [0, 0.1) is 6.92 Å². The van der Waals surface area contributed by atoms with Gasteiger partial charge in [0.25, 0.3) is 5.91 Å². The molecule has 32 heavy (non-hydrogen) atoms. The summed E-state index contributed by atoms with van der Waals surface area (Å²) in [5.41, 5.74) is 3.10. The van der Waals surface area contributed by atoms with E-state index in [9.17, 15) is 13.2 Å². The lowest BCUT2D eigenvalue weighted by Crippen LogP contribution is -2.50. The number of rotatable bonds is 3. The second-order valence-electron chi connectivity index (χ2n) is 8.21. The fourth-order valence-electron chi connectivity index (χ4n) is 4.40. The van der Waals surface area contributed by atoms with Crippen molar-refractivity contribution in [1.82, 2.24) is 18.8 Å². The molecule has 0 radical (unpaired) electrons. The first kappa shape index (κ1) is 20.7. The number of fused-ring (bicyclic) bond motifs is 2. The van der Waals surface area contributed by atoms with E-state index in [1.165, 1.54) is 4.31 Å². The Labute approximate surface area is 186 Å². The summed E-state index contributed by atoms with van der Waals surface area (Å²) in [6.07, 6.45) is 3.53. The second kappa shape index (κ2) is 7.72. The molecule has 0 N–H and O–H groups in total. The highest BCUT2D eigenvalue weighted by Gasteiger charge is 2.32. The van der Waals surface area contributed by atoms with Crippen molar-refractivity contribution in [3.63, 3.8) is 0 Å². The molecule has 7 nitrogen and oxygen atoms in total. The Morgan fingerprint density at radius 1 is 1.00 bits per heavy atom. The third-order valence-corrected chi connectivity index (χ3v) is 8.01. The van der Waals surface area contributed by atoms with Crippen LogP contribution in [0.4, 0.5) is 0 Å². The number of aryl methyl sites for hydroxylation is 2. The van der Waals surface area contributed by atoms with E-state index < -0.39 is 10.0 Å². The first-order valence-corrected chi connectivity index (χ1v) is 12.0. The van der Waals surface area contributed by atoms with Gasteiger partial charge in [0.1, 0.15) is 4.90 Å². The topological polar surface area (TPSA) is 75.5 Å². The largest absolute Gasteiger partial charge is 0.350 e. The first-order valence-electron chi connectivity index (χ1n) is 10.5. The number of carbonyl (C=O) groups is 1. The average Bonchev–Trinajstić information content (AvgIpc) is 3.14. The molecular weight excluding hydrogens is 424 g/mol. The highest BCUT2D eigenvalue weighted by atomic mass is 32.2. The van der Waals surface area contributed by atoms with E-state index in [1.54, 1.807) is 23.2 Å². The fraction of sp³-hybridized carbons (Fsp3) is 0.250. The van der Waals surface area contributed by atoms with E-state index in [4.69, 9.17) is 0 Å². The number of hydrogen-bond donors (Lipinski definition) is 0. The van der Waals surface area contributed by atoms with E-state index in [1.807, 2.05) is 61.1 Å². The third-order valence-electron chi connectivity index (χ3n) is 6.08. The SMILES string of the molecule is Cc1cnc2c(S(=O)(=O)N3CCN(C(=O)c4cn(C)c5ccccc45)CC3)cccc2c1. The number of para-hydroxylation sites is 2. The van der Waals surface area contributed by atoms with Crippen molar-refractivity contribution in [1.29, 1.82) is 0 Å². The Kier molecular flexibility index (Phi) is 4.98. The summed E-state index contributed by atoms with van der Waals surface area (Å²) in [4.78, 5) is 19.5. The van der Waals surface area contributed by atoms with E-state index in [2.05, 4.69) is 4.98 Å². The summed E-state index contributed by atoms with van der Waals surface area (Å²) in [5, 5.41) is 1.71. The molecule has 0 spiro atoms. The quantitative estimate of drug-likeness (QED) is 0.482. The predicted octanol–water partition coefficient (Wildman–Crippen LogP) is 3.18. The van der Waals surface area contributed by atoms with Crippen molar-refractivity contribution in [2.45, 2.75) is 11.8 Å². The van der Waals surface area contributed by atoms with E-state index in [0.717, 1.165) is 21.9 Å². The van der Waals surface area contributed by atoms with Crippen LogP contribution in [-0.2, 0) is 17.1 Å². The van der Waals surface area contributed by atoms with Crippen molar-refractivity contribution < 1.29 is 13.2 Å². The molecule has 1 aliphatic heterocycles. The van der Waals surface area contributed by atoms with Gasteiger partial charge in [-0.05, 0) is 30.7 Å². The molecule has 1 saturated heterocycles. The second-order valence-corrected chi connectivity index (χ2v) is 10.1. The van der Waals surface area contributed by atoms with Crippen molar-refractivity contribution in [2.75, 3.05) is 26.2 Å². The van der Waals surface area contributed by atoms with E-state index in [0.29, 0.717) is 24.2 Å². The maximum absolute atomic E-state index is 13.4. The molecule has 3 heterocycles. The number of pyridine rings is 1. The van der Waals surface area contributed by atoms with Crippen LogP contribution < -0.4 is 0 Å². The van der Waals surface area contributed by atoms with Crippen LogP contribution in [0.15, 0.2) is 65.8 Å². The normalized spacial score (nSPS) is 15.5. The number of piperazine rings is 1. The zero-order chi connectivity index (χ0) is 22.5. The molecule has 0 atom stereocenters. The Balaban J connectivity index is 1.38. The lowest BCUT2D eigenvalue weighted by atomic mass is 10.1. The maximum atomic E-state index is 13.4. The minimum atomic E-state index is -3.72. The number of carbonyl (C=O) groups excluding carboxylic acids is 1. The summed E-state index contributed by atoms with van der Waals surface area (Å²) >= 11 is 0. The molecule has 0 saturated carbocycles. The summed E-state index contributed by atoms with van der Waals surface area (Å²) < 4.78 is 30.2. The third kappa shape index (κ3) is 3.36. The molecule has 1 fully saturated rings. The minimum Gasteiger partial charge on any atom is -0.350 e. The van der Waals surface area contributed by atoms with Crippen LogP contribution in [-0.4, -0.2) is 59.3 Å². The highest BCUT2D eigenvalue weighted by molar-refractivity contribution is 7.89. The van der Waals surface area contributed by atoms with Gasteiger partial charge in [-0.3, -0.25) is 9.78 Å². The lowest BCUT2D eigenvalue weighted by molar-refractivity contribution is 0.0699. The number of amides is 1. The van der Waals surface area contributed by atoms with Crippen molar-refractivity contribution in [3.05, 3.63) is 72.1 Å². The van der Waals surface area contributed by atoms with Gasteiger partial charge in [0.2, 0.25) is 10.0 Å². The molecule has 1 amide bonds. The van der Waals surface area contributed by atoms with Crippen LogP contribution in [0.1, 0.15) is 15.9 Å². The van der Waals surface area contributed by atoms with Crippen LogP contribution in [0.3, 0.4) is 0 Å². The molecule has 164 valence electrons. The zero-order valence-electron chi connectivity index (χ0n) is 18.0. The van der Waals surface area contributed by atoms with E-state index in [-0.39, 0.29) is 23.9 Å². The molecule has 5 rings (SSSR count). The molecule has 2 aromatic heterocycles. The molecule has 0 aliphatic carbocycles. The molecule has 0 unspecified atom stereocenters. The average molecular weight is 449 g/mol. The van der Waals surface area contributed by atoms with Gasteiger partial charge in [-0.25, -0.2) is 8.42 Å². The molecule has 0 bridgehead atoms. The number of sulfonamides is 1. The Bertz CT molecular complexity index is 1450. The molecule has 1 aliphatic rings. The highest BCUT2D eigenvalue weighted by Crippen LogP contribution is 2.27. The monoisotopic (exact) mass is 448 g/mol. The number of benzene rings is 2. The van der Waals surface area contributed by atoms with Crippen molar-refractivity contribution >= 4 is 37.7 Å². The smallest absolute Gasteiger partial charge is 0.256 e. The summed E-state index contributed by atoms with van der Waals surface area (Å²) in [5.74, 6) is -0.0684.